The number of Topliss-reactive ketones (excluding diaryl/α,β-unsaturated/α-hetero) is 1. The summed E-state index contributed by atoms with van der Waals surface area (Å²) >= 11 is 0. The van der Waals surface area contributed by atoms with E-state index in [0.29, 0.717) is 23.5 Å². The Balaban J connectivity index is 1.86. The molecule has 1 aliphatic heterocycles. The number of hydrogen-bond acceptors (Lipinski definition) is 5. The van der Waals surface area contributed by atoms with Gasteiger partial charge in [0.2, 0.25) is 5.78 Å². The van der Waals surface area contributed by atoms with Crippen molar-refractivity contribution in [2.24, 2.45) is 0 Å². The van der Waals surface area contributed by atoms with Crippen molar-refractivity contribution in [3.05, 3.63) is 64.9 Å². The molecule has 5 heteroatoms. The summed E-state index contributed by atoms with van der Waals surface area (Å²) in [6, 6.07) is 12.0. The number of esters is 1. The average molecular weight is 324 g/mol. The summed E-state index contributed by atoms with van der Waals surface area (Å²) in [5.74, 6) is 0.671. The fourth-order valence-electron chi connectivity index (χ4n) is 2.41. The van der Waals surface area contributed by atoms with Crippen LogP contribution in [0.15, 0.2) is 48.2 Å². The molecule has 1 aliphatic rings. The molecule has 2 aromatic rings. The zero-order chi connectivity index (χ0) is 17.1. The van der Waals surface area contributed by atoms with E-state index >= 15 is 0 Å². The van der Waals surface area contributed by atoms with Crippen LogP contribution in [0.1, 0.15) is 33.2 Å². The first-order valence-electron chi connectivity index (χ1n) is 7.52. The molecule has 0 unspecified atom stereocenters. The summed E-state index contributed by atoms with van der Waals surface area (Å²) in [5, 5.41) is 0. The standard InChI is InChI=1S/C19H16O5/c1-3-23-14-7-4-12(5-8-14)10-17-18(20)15-11-13(19(21)22-2)6-9-16(15)24-17/h4-11H,3H2,1-2H3. The summed E-state index contributed by atoms with van der Waals surface area (Å²) in [6.07, 6.45) is 1.66. The Bertz CT molecular complexity index is 818. The second-order valence-electron chi connectivity index (χ2n) is 5.14. The summed E-state index contributed by atoms with van der Waals surface area (Å²) < 4.78 is 15.7. The highest BCUT2D eigenvalue weighted by Gasteiger charge is 2.28. The van der Waals surface area contributed by atoms with E-state index in [-0.39, 0.29) is 11.5 Å². The van der Waals surface area contributed by atoms with Crippen LogP contribution in [0, 0.1) is 0 Å². The van der Waals surface area contributed by atoms with E-state index in [1.54, 1.807) is 18.2 Å². The monoisotopic (exact) mass is 324 g/mol. The molecular formula is C19H16O5. The van der Waals surface area contributed by atoms with Crippen molar-refractivity contribution in [1.29, 1.82) is 0 Å². The molecule has 0 saturated carbocycles. The Morgan fingerprint density at radius 3 is 2.58 bits per heavy atom. The van der Waals surface area contributed by atoms with Crippen LogP contribution >= 0.6 is 0 Å². The van der Waals surface area contributed by atoms with Crippen molar-refractivity contribution < 1.29 is 23.8 Å². The minimum Gasteiger partial charge on any atom is -0.494 e. The van der Waals surface area contributed by atoms with Crippen molar-refractivity contribution in [2.75, 3.05) is 13.7 Å². The number of allylic oxidation sites excluding steroid dienone is 1. The van der Waals surface area contributed by atoms with Gasteiger partial charge in [-0.15, -0.1) is 0 Å². The van der Waals surface area contributed by atoms with Crippen LogP contribution < -0.4 is 9.47 Å². The van der Waals surface area contributed by atoms with Crippen molar-refractivity contribution in [3.63, 3.8) is 0 Å². The molecule has 122 valence electrons. The number of methoxy groups -OCH3 is 1. The summed E-state index contributed by atoms with van der Waals surface area (Å²) in [5.41, 5.74) is 1.49. The number of carbonyl (C=O) groups excluding carboxylic acids is 2. The van der Waals surface area contributed by atoms with E-state index < -0.39 is 5.97 Å². The Morgan fingerprint density at radius 1 is 1.17 bits per heavy atom. The maximum Gasteiger partial charge on any atom is 0.337 e. The lowest BCUT2D eigenvalue weighted by molar-refractivity contribution is 0.0600. The topological polar surface area (TPSA) is 61.8 Å². The summed E-state index contributed by atoms with van der Waals surface area (Å²) in [6.45, 7) is 2.51. The fourth-order valence-corrected chi connectivity index (χ4v) is 2.41. The SMILES string of the molecule is CCOc1ccc(C=C2Oc3ccc(C(=O)OC)cc3C2=O)cc1. The van der Waals surface area contributed by atoms with Gasteiger partial charge in [-0.3, -0.25) is 4.79 Å². The zero-order valence-corrected chi connectivity index (χ0v) is 13.4. The van der Waals surface area contributed by atoms with E-state index in [0.717, 1.165) is 11.3 Å². The molecule has 3 rings (SSSR count). The first-order valence-corrected chi connectivity index (χ1v) is 7.52. The van der Waals surface area contributed by atoms with Gasteiger partial charge in [-0.1, -0.05) is 12.1 Å². The molecule has 0 aliphatic carbocycles. The molecule has 0 radical (unpaired) electrons. The quantitative estimate of drug-likeness (QED) is 0.636. The molecule has 0 aromatic heterocycles. The van der Waals surface area contributed by atoms with Gasteiger partial charge in [-0.25, -0.2) is 4.79 Å². The van der Waals surface area contributed by atoms with E-state index in [9.17, 15) is 9.59 Å². The maximum absolute atomic E-state index is 12.5. The molecule has 0 atom stereocenters. The van der Waals surface area contributed by atoms with Gasteiger partial charge in [-0.2, -0.15) is 0 Å². The Labute approximate surface area is 139 Å². The zero-order valence-electron chi connectivity index (χ0n) is 13.4. The van der Waals surface area contributed by atoms with Gasteiger partial charge < -0.3 is 14.2 Å². The number of benzene rings is 2. The van der Waals surface area contributed by atoms with Crippen LogP contribution in [0.3, 0.4) is 0 Å². The van der Waals surface area contributed by atoms with E-state index in [4.69, 9.17) is 9.47 Å². The lowest BCUT2D eigenvalue weighted by Crippen LogP contribution is -2.02. The first-order chi connectivity index (χ1) is 11.6. The second-order valence-corrected chi connectivity index (χ2v) is 5.14. The molecule has 2 aromatic carbocycles. The Morgan fingerprint density at radius 2 is 1.92 bits per heavy atom. The van der Waals surface area contributed by atoms with Gasteiger partial charge in [0, 0.05) is 0 Å². The van der Waals surface area contributed by atoms with Gasteiger partial charge in [-0.05, 0) is 48.9 Å². The van der Waals surface area contributed by atoms with Crippen LogP contribution in [0.5, 0.6) is 11.5 Å². The third-order valence-corrected chi connectivity index (χ3v) is 3.58. The highest BCUT2D eigenvalue weighted by Crippen LogP contribution is 2.32. The number of hydrogen-bond donors (Lipinski definition) is 0. The van der Waals surface area contributed by atoms with Crippen LogP contribution in [-0.2, 0) is 4.74 Å². The predicted octanol–water partition coefficient (Wildman–Crippen LogP) is 3.49. The molecule has 0 fully saturated rings. The third kappa shape index (κ3) is 3.01. The average Bonchev–Trinajstić information content (AvgIpc) is 2.91. The molecule has 5 nitrogen and oxygen atoms in total. The molecule has 24 heavy (non-hydrogen) atoms. The highest BCUT2D eigenvalue weighted by molar-refractivity contribution is 6.15. The van der Waals surface area contributed by atoms with Gasteiger partial charge in [0.1, 0.15) is 11.5 Å². The van der Waals surface area contributed by atoms with Crippen LogP contribution in [0.4, 0.5) is 0 Å². The Hall–Kier alpha value is -3.08. The second kappa shape index (κ2) is 6.58. The van der Waals surface area contributed by atoms with Crippen LogP contribution in [0.2, 0.25) is 0 Å². The number of rotatable bonds is 4. The smallest absolute Gasteiger partial charge is 0.337 e. The predicted molar refractivity (Wildman–Crippen MR) is 88.3 cm³/mol. The lowest BCUT2D eigenvalue weighted by Gasteiger charge is -2.03. The van der Waals surface area contributed by atoms with Gasteiger partial charge >= 0.3 is 5.97 Å². The number of ketones is 1. The van der Waals surface area contributed by atoms with Gasteiger partial charge in [0.15, 0.2) is 5.76 Å². The minimum atomic E-state index is -0.491. The first kappa shape index (κ1) is 15.8. The molecular weight excluding hydrogens is 308 g/mol. The molecule has 0 amide bonds. The van der Waals surface area contributed by atoms with E-state index in [1.807, 2.05) is 31.2 Å². The maximum atomic E-state index is 12.5. The van der Waals surface area contributed by atoms with E-state index in [2.05, 4.69) is 4.74 Å². The Kier molecular flexibility index (Phi) is 4.33. The molecule has 0 saturated heterocycles. The van der Waals surface area contributed by atoms with Crippen LogP contribution in [-0.4, -0.2) is 25.5 Å². The fraction of sp³-hybridized carbons (Fsp3) is 0.158. The molecule has 0 N–H and O–H groups in total. The van der Waals surface area contributed by atoms with Crippen molar-refractivity contribution in [1.82, 2.24) is 0 Å². The number of carbonyl (C=O) groups is 2. The largest absolute Gasteiger partial charge is 0.494 e. The van der Waals surface area contributed by atoms with Crippen molar-refractivity contribution in [3.8, 4) is 11.5 Å². The van der Waals surface area contributed by atoms with Crippen molar-refractivity contribution in [2.45, 2.75) is 6.92 Å². The highest BCUT2D eigenvalue weighted by atomic mass is 16.5. The molecule has 0 bridgehead atoms. The molecule has 0 spiro atoms. The normalized spacial score (nSPS) is 14.2. The van der Waals surface area contributed by atoms with E-state index in [1.165, 1.54) is 13.2 Å². The number of ether oxygens (including phenoxy) is 3. The third-order valence-electron chi connectivity index (χ3n) is 3.58. The van der Waals surface area contributed by atoms with Gasteiger partial charge in [0.05, 0.1) is 24.8 Å². The summed E-state index contributed by atoms with van der Waals surface area (Å²) in [4.78, 5) is 24.0. The minimum absolute atomic E-state index is 0.219. The van der Waals surface area contributed by atoms with Crippen LogP contribution in [0.25, 0.3) is 6.08 Å². The van der Waals surface area contributed by atoms with Gasteiger partial charge in [0.25, 0.3) is 0 Å². The van der Waals surface area contributed by atoms with Crippen molar-refractivity contribution >= 4 is 17.8 Å². The lowest BCUT2D eigenvalue weighted by atomic mass is 10.1. The number of fused-ring (bicyclic) bond motifs is 1. The summed E-state index contributed by atoms with van der Waals surface area (Å²) in [7, 11) is 1.30. The molecule has 1 heterocycles.